The SMILES string of the molecule is CCCC1(O)CN(C(=O)[C@@H]2CCCNC2)C1. The lowest BCUT2D eigenvalue weighted by Crippen LogP contribution is -2.65. The van der Waals surface area contributed by atoms with Gasteiger partial charge >= 0.3 is 0 Å². The molecule has 0 aliphatic carbocycles. The second kappa shape index (κ2) is 4.72. The summed E-state index contributed by atoms with van der Waals surface area (Å²) in [7, 11) is 0. The van der Waals surface area contributed by atoms with Crippen LogP contribution < -0.4 is 5.32 Å². The monoisotopic (exact) mass is 226 g/mol. The summed E-state index contributed by atoms with van der Waals surface area (Å²) in [6.07, 6.45) is 3.86. The summed E-state index contributed by atoms with van der Waals surface area (Å²) in [5.41, 5.74) is -0.591. The van der Waals surface area contributed by atoms with Gasteiger partial charge in [-0.15, -0.1) is 0 Å². The van der Waals surface area contributed by atoms with Crippen molar-refractivity contribution in [1.82, 2.24) is 10.2 Å². The van der Waals surface area contributed by atoms with Gasteiger partial charge < -0.3 is 15.3 Å². The number of aliphatic hydroxyl groups is 1. The van der Waals surface area contributed by atoms with Crippen LogP contribution in [0, 0.1) is 5.92 Å². The molecule has 1 atom stereocenters. The van der Waals surface area contributed by atoms with Crippen molar-refractivity contribution in [2.45, 2.75) is 38.2 Å². The van der Waals surface area contributed by atoms with Crippen molar-refractivity contribution >= 4 is 5.91 Å². The number of amides is 1. The maximum Gasteiger partial charge on any atom is 0.227 e. The number of nitrogens with zero attached hydrogens (tertiary/aromatic N) is 1. The molecule has 4 nitrogen and oxygen atoms in total. The standard InChI is InChI=1S/C12H22N2O2/c1-2-5-12(16)8-14(9-12)11(15)10-4-3-6-13-7-10/h10,13,16H,2-9H2,1H3/t10-/m1/s1. The number of carbonyl (C=O) groups is 1. The first-order chi connectivity index (χ1) is 7.64. The third-order valence-electron chi connectivity index (χ3n) is 3.64. The number of β-amino-alcohol motifs (C(OH)–C–C–N with tert-alkyl or cyclic N) is 1. The minimum absolute atomic E-state index is 0.139. The van der Waals surface area contributed by atoms with Crippen molar-refractivity contribution in [3.05, 3.63) is 0 Å². The van der Waals surface area contributed by atoms with Crippen molar-refractivity contribution in [1.29, 1.82) is 0 Å². The number of piperidine rings is 1. The quantitative estimate of drug-likeness (QED) is 0.730. The van der Waals surface area contributed by atoms with Gasteiger partial charge in [-0.1, -0.05) is 13.3 Å². The fourth-order valence-corrected chi connectivity index (χ4v) is 2.76. The molecule has 2 aliphatic heterocycles. The molecule has 0 aromatic carbocycles. The van der Waals surface area contributed by atoms with Crippen LogP contribution in [-0.4, -0.2) is 47.7 Å². The van der Waals surface area contributed by atoms with E-state index in [1.807, 2.05) is 4.90 Å². The van der Waals surface area contributed by atoms with E-state index >= 15 is 0 Å². The van der Waals surface area contributed by atoms with E-state index in [-0.39, 0.29) is 11.8 Å². The van der Waals surface area contributed by atoms with Crippen molar-refractivity contribution in [3.63, 3.8) is 0 Å². The third-order valence-corrected chi connectivity index (χ3v) is 3.64. The molecule has 0 saturated carbocycles. The summed E-state index contributed by atoms with van der Waals surface area (Å²) in [4.78, 5) is 13.9. The Morgan fingerprint density at radius 3 is 2.88 bits per heavy atom. The maximum atomic E-state index is 12.0. The van der Waals surface area contributed by atoms with Crippen LogP contribution in [-0.2, 0) is 4.79 Å². The highest BCUT2D eigenvalue weighted by Gasteiger charge is 2.44. The Hall–Kier alpha value is -0.610. The fraction of sp³-hybridized carbons (Fsp3) is 0.917. The van der Waals surface area contributed by atoms with Crippen LogP contribution in [0.5, 0.6) is 0 Å². The topological polar surface area (TPSA) is 52.6 Å². The number of nitrogens with one attached hydrogen (secondary N) is 1. The molecule has 2 saturated heterocycles. The first-order valence-electron chi connectivity index (χ1n) is 6.36. The van der Waals surface area contributed by atoms with Crippen LogP contribution in [0.3, 0.4) is 0 Å². The van der Waals surface area contributed by atoms with E-state index < -0.39 is 5.60 Å². The Morgan fingerprint density at radius 1 is 1.56 bits per heavy atom. The highest BCUT2D eigenvalue weighted by Crippen LogP contribution is 2.28. The number of hydrogen-bond donors (Lipinski definition) is 2. The van der Waals surface area contributed by atoms with Crippen LogP contribution in [0.15, 0.2) is 0 Å². The summed E-state index contributed by atoms with van der Waals surface area (Å²) in [5, 5.41) is 13.3. The lowest BCUT2D eigenvalue weighted by Gasteiger charge is -2.48. The normalized spacial score (nSPS) is 28.6. The first-order valence-corrected chi connectivity index (χ1v) is 6.36. The summed E-state index contributed by atoms with van der Waals surface area (Å²) in [6, 6.07) is 0. The van der Waals surface area contributed by atoms with Gasteiger partial charge in [-0.3, -0.25) is 4.79 Å². The van der Waals surface area contributed by atoms with Gasteiger partial charge in [0.05, 0.1) is 24.6 Å². The van der Waals surface area contributed by atoms with Gasteiger partial charge in [-0.2, -0.15) is 0 Å². The van der Waals surface area contributed by atoms with E-state index in [1.54, 1.807) is 0 Å². The summed E-state index contributed by atoms with van der Waals surface area (Å²) in [6.45, 7) is 4.98. The second-order valence-electron chi connectivity index (χ2n) is 5.21. The van der Waals surface area contributed by atoms with E-state index in [4.69, 9.17) is 0 Å². The Morgan fingerprint density at radius 2 is 2.31 bits per heavy atom. The molecule has 2 N–H and O–H groups in total. The van der Waals surface area contributed by atoms with Gasteiger partial charge in [0.2, 0.25) is 5.91 Å². The van der Waals surface area contributed by atoms with E-state index in [0.29, 0.717) is 13.1 Å². The zero-order valence-electron chi connectivity index (χ0n) is 10.0. The average molecular weight is 226 g/mol. The predicted molar refractivity (Wildman–Crippen MR) is 62.0 cm³/mol. The van der Waals surface area contributed by atoms with E-state index in [9.17, 15) is 9.90 Å². The first kappa shape index (κ1) is 11.9. The molecule has 2 fully saturated rings. The Balaban J connectivity index is 1.80. The smallest absolute Gasteiger partial charge is 0.227 e. The predicted octanol–water partition coefficient (Wildman–Crippen LogP) is 0.359. The molecule has 2 aliphatic rings. The van der Waals surface area contributed by atoms with Crippen LogP contribution in [0.2, 0.25) is 0 Å². The molecule has 0 aromatic heterocycles. The van der Waals surface area contributed by atoms with Crippen LogP contribution in [0.25, 0.3) is 0 Å². The minimum Gasteiger partial charge on any atom is -0.386 e. The molecule has 0 radical (unpaired) electrons. The van der Waals surface area contributed by atoms with Gasteiger partial charge in [0.1, 0.15) is 0 Å². The van der Waals surface area contributed by atoms with E-state index in [1.165, 1.54) is 0 Å². The fourth-order valence-electron chi connectivity index (χ4n) is 2.76. The molecule has 1 amide bonds. The number of rotatable bonds is 3. The van der Waals surface area contributed by atoms with Crippen molar-refractivity contribution in [2.24, 2.45) is 5.92 Å². The number of hydrogen-bond acceptors (Lipinski definition) is 3. The minimum atomic E-state index is -0.591. The largest absolute Gasteiger partial charge is 0.386 e. The molecule has 4 heteroatoms. The van der Waals surface area contributed by atoms with E-state index in [2.05, 4.69) is 12.2 Å². The van der Waals surface area contributed by atoms with E-state index in [0.717, 1.165) is 38.8 Å². The summed E-state index contributed by atoms with van der Waals surface area (Å²) in [5.74, 6) is 0.368. The van der Waals surface area contributed by atoms with Gasteiger partial charge in [0.15, 0.2) is 0 Å². The van der Waals surface area contributed by atoms with Crippen molar-refractivity contribution in [3.8, 4) is 0 Å². The molecule has 0 unspecified atom stereocenters. The molecule has 92 valence electrons. The summed E-state index contributed by atoms with van der Waals surface area (Å²) >= 11 is 0. The van der Waals surface area contributed by atoms with Crippen molar-refractivity contribution in [2.75, 3.05) is 26.2 Å². The van der Waals surface area contributed by atoms with Crippen LogP contribution in [0.4, 0.5) is 0 Å². The molecule has 0 aromatic rings. The third kappa shape index (κ3) is 2.38. The Bertz CT molecular complexity index is 256. The summed E-state index contributed by atoms with van der Waals surface area (Å²) < 4.78 is 0. The molecule has 16 heavy (non-hydrogen) atoms. The zero-order valence-corrected chi connectivity index (χ0v) is 10.0. The second-order valence-corrected chi connectivity index (χ2v) is 5.21. The van der Waals surface area contributed by atoms with Crippen LogP contribution >= 0.6 is 0 Å². The van der Waals surface area contributed by atoms with Crippen molar-refractivity contribution < 1.29 is 9.90 Å². The molecule has 0 spiro atoms. The highest BCUT2D eigenvalue weighted by atomic mass is 16.3. The van der Waals surface area contributed by atoms with Gasteiger partial charge in [-0.05, 0) is 25.8 Å². The van der Waals surface area contributed by atoms with Gasteiger partial charge in [-0.25, -0.2) is 0 Å². The molecule has 0 bridgehead atoms. The molecular formula is C12H22N2O2. The number of likely N-dealkylation sites (tertiary alicyclic amines) is 1. The van der Waals surface area contributed by atoms with Gasteiger partial charge in [0, 0.05) is 6.54 Å². The van der Waals surface area contributed by atoms with Gasteiger partial charge in [0.25, 0.3) is 0 Å². The Kier molecular flexibility index (Phi) is 3.50. The molecule has 2 heterocycles. The lowest BCUT2D eigenvalue weighted by atomic mass is 9.87. The molecule has 2 rings (SSSR count). The van der Waals surface area contributed by atoms with Crippen LogP contribution in [0.1, 0.15) is 32.6 Å². The zero-order chi connectivity index (χ0) is 11.6. The highest BCUT2D eigenvalue weighted by molar-refractivity contribution is 5.80. The maximum absolute atomic E-state index is 12.0. The Labute approximate surface area is 97.0 Å². The lowest BCUT2D eigenvalue weighted by molar-refractivity contribution is -0.161. The number of carbonyl (C=O) groups excluding carboxylic acids is 1. The molecular weight excluding hydrogens is 204 g/mol. The average Bonchev–Trinajstić information content (AvgIpc) is 2.26.